The Balaban J connectivity index is 2.49. The number of nitrogens with zero attached hydrogens (tertiary/aromatic N) is 2. The van der Waals surface area contributed by atoms with Crippen LogP contribution in [0.15, 0.2) is 10.2 Å². The van der Waals surface area contributed by atoms with Gasteiger partial charge in [-0.05, 0) is 12.3 Å². The van der Waals surface area contributed by atoms with Gasteiger partial charge in [-0.1, -0.05) is 6.92 Å². The smallest absolute Gasteiger partial charge is 0.0302 e. The molecule has 1 rings (SSSR count). The molecule has 0 bridgehead atoms. The zero-order valence-electron chi connectivity index (χ0n) is 4.33. The highest BCUT2D eigenvalue weighted by molar-refractivity contribution is 5.71. The van der Waals surface area contributed by atoms with Gasteiger partial charge >= 0.3 is 0 Å². The number of hydrogen-bond donors (Lipinski definition) is 0. The van der Waals surface area contributed by atoms with E-state index in [0.29, 0.717) is 5.92 Å². The quantitative estimate of drug-likeness (QED) is 0.431. The summed E-state index contributed by atoms with van der Waals surface area (Å²) in [5, 5.41) is 7.37. The third-order valence-electron chi connectivity index (χ3n) is 0.947. The van der Waals surface area contributed by atoms with Gasteiger partial charge in [0.15, 0.2) is 0 Å². The molecule has 0 aromatic rings. The summed E-state index contributed by atoms with van der Waals surface area (Å²) in [5.74, 6) is 0.595. The van der Waals surface area contributed by atoms with Crippen LogP contribution < -0.4 is 0 Å². The summed E-state index contributed by atoms with van der Waals surface area (Å²) in [6.45, 7) is 2.12. The van der Waals surface area contributed by atoms with Crippen LogP contribution in [-0.4, -0.2) is 12.4 Å². The summed E-state index contributed by atoms with van der Waals surface area (Å²) in [4.78, 5) is 0. The van der Waals surface area contributed by atoms with Crippen molar-refractivity contribution in [3.8, 4) is 0 Å². The zero-order chi connectivity index (χ0) is 5.11. The van der Waals surface area contributed by atoms with E-state index in [1.807, 2.05) is 12.4 Å². The molecule has 0 aromatic carbocycles. The molecule has 0 saturated heterocycles. The van der Waals surface area contributed by atoms with Crippen LogP contribution in [0.5, 0.6) is 0 Å². The highest BCUT2D eigenvalue weighted by atomic mass is 15.2. The monoisotopic (exact) mass is 96.1 g/mol. The largest absolute Gasteiger partial charge is 0.164 e. The van der Waals surface area contributed by atoms with Gasteiger partial charge in [0.1, 0.15) is 0 Å². The van der Waals surface area contributed by atoms with Gasteiger partial charge in [-0.3, -0.25) is 0 Å². The molecule has 2 nitrogen and oxygen atoms in total. The van der Waals surface area contributed by atoms with Gasteiger partial charge in [0.25, 0.3) is 0 Å². The van der Waals surface area contributed by atoms with E-state index in [9.17, 15) is 0 Å². The average Bonchev–Trinajstić information content (AvgIpc) is 1.69. The first-order valence-electron chi connectivity index (χ1n) is 2.44. The van der Waals surface area contributed by atoms with Crippen LogP contribution in [0.4, 0.5) is 0 Å². The third-order valence-corrected chi connectivity index (χ3v) is 0.947. The lowest BCUT2D eigenvalue weighted by atomic mass is 10.1. The Morgan fingerprint density at radius 3 is 2.71 bits per heavy atom. The molecule has 1 aliphatic rings. The zero-order valence-corrected chi connectivity index (χ0v) is 4.33. The second kappa shape index (κ2) is 1.87. The maximum atomic E-state index is 3.70. The maximum Gasteiger partial charge on any atom is 0.0302 e. The Labute approximate surface area is 43.0 Å². The first-order chi connectivity index (χ1) is 3.39. The topological polar surface area (TPSA) is 24.7 Å². The van der Waals surface area contributed by atoms with E-state index < -0.39 is 0 Å². The fourth-order valence-corrected chi connectivity index (χ4v) is 0.474. The Kier molecular flexibility index (Phi) is 1.20. The minimum atomic E-state index is 0.595. The minimum Gasteiger partial charge on any atom is -0.164 e. The molecular weight excluding hydrogens is 88.1 g/mol. The molecule has 1 aliphatic heterocycles. The van der Waals surface area contributed by atoms with Crippen molar-refractivity contribution in [3.63, 3.8) is 0 Å². The van der Waals surface area contributed by atoms with E-state index in [-0.39, 0.29) is 0 Å². The highest BCUT2D eigenvalue weighted by Gasteiger charge is 1.96. The Morgan fingerprint density at radius 2 is 2.43 bits per heavy atom. The van der Waals surface area contributed by atoms with Crippen molar-refractivity contribution in [1.29, 1.82) is 0 Å². The second-order valence-corrected chi connectivity index (χ2v) is 1.78. The Bertz CT molecular complexity index is 105. The molecule has 1 heterocycles. The number of rotatable bonds is 0. The maximum absolute atomic E-state index is 3.70. The van der Waals surface area contributed by atoms with Gasteiger partial charge in [-0.25, -0.2) is 0 Å². The van der Waals surface area contributed by atoms with Crippen molar-refractivity contribution in [3.05, 3.63) is 0 Å². The lowest BCUT2D eigenvalue weighted by Crippen LogP contribution is -1.99. The van der Waals surface area contributed by atoms with Gasteiger partial charge in [0.05, 0.1) is 0 Å². The second-order valence-electron chi connectivity index (χ2n) is 1.78. The molecule has 0 aliphatic carbocycles. The molecule has 38 valence electrons. The van der Waals surface area contributed by atoms with Crippen molar-refractivity contribution in [2.75, 3.05) is 0 Å². The van der Waals surface area contributed by atoms with E-state index in [2.05, 4.69) is 17.1 Å². The van der Waals surface area contributed by atoms with Gasteiger partial charge < -0.3 is 0 Å². The molecular formula is C5H8N2. The predicted molar refractivity (Wildman–Crippen MR) is 30.8 cm³/mol. The molecule has 0 N–H and O–H groups in total. The van der Waals surface area contributed by atoms with Crippen LogP contribution in [0.2, 0.25) is 0 Å². The van der Waals surface area contributed by atoms with Gasteiger partial charge in [0.2, 0.25) is 0 Å². The third kappa shape index (κ3) is 1.11. The van der Waals surface area contributed by atoms with Crippen LogP contribution >= 0.6 is 0 Å². The molecule has 0 saturated carbocycles. The summed E-state index contributed by atoms with van der Waals surface area (Å²) in [5.41, 5.74) is 0. The van der Waals surface area contributed by atoms with E-state index in [1.165, 1.54) is 0 Å². The lowest BCUT2D eigenvalue weighted by molar-refractivity contribution is 0.822. The van der Waals surface area contributed by atoms with Crippen LogP contribution in [0.25, 0.3) is 0 Å². The predicted octanol–water partition coefficient (Wildman–Crippen LogP) is 1.08. The van der Waals surface area contributed by atoms with E-state index >= 15 is 0 Å². The Hall–Kier alpha value is -0.660. The van der Waals surface area contributed by atoms with Gasteiger partial charge in [0, 0.05) is 12.4 Å². The molecule has 0 fully saturated rings. The van der Waals surface area contributed by atoms with E-state index in [4.69, 9.17) is 0 Å². The van der Waals surface area contributed by atoms with Crippen LogP contribution in [-0.2, 0) is 0 Å². The normalized spacial score (nSPS) is 28.4. The highest BCUT2D eigenvalue weighted by Crippen LogP contribution is 1.98. The summed E-state index contributed by atoms with van der Waals surface area (Å²) < 4.78 is 0. The Morgan fingerprint density at radius 1 is 1.57 bits per heavy atom. The first kappa shape index (κ1) is 4.50. The molecule has 0 aromatic heterocycles. The molecule has 0 spiro atoms. The van der Waals surface area contributed by atoms with Crippen molar-refractivity contribution in [1.82, 2.24) is 0 Å². The van der Waals surface area contributed by atoms with Crippen molar-refractivity contribution >= 4 is 12.4 Å². The standard InChI is InChI=1S/C5H8N2/c1-5-2-3-6-7-4-5/h3-5H,2H2,1H3/t5-/m1/s1. The van der Waals surface area contributed by atoms with Gasteiger partial charge in [-0.2, -0.15) is 10.2 Å². The fraction of sp³-hybridized carbons (Fsp3) is 0.600. The van der Waals surface area contributed by atoms with Crippen molar-refractivity contribution in [2.24, 2.45) is 16.1 Å². The molecule has 1 atom stereocenters. The molecule has 2 heteroatoms. The van der Waals surface area contributed by atoms with Crippen molar-refractivity contribution < 1.29 is 0 Å². The average molecular weight is 96.1 g/mol. The lowest BCUT2D eigenvalue weighted by Gasteiger charge is -1.99. The molecule has 7 heavy (non-hydrogen) atoms. The molecule has 0 amide bonds. The minimum absolute atomic E-state index is 0.595. The summed E-state index contributed by atoms with van der Waals surface area (Å²) in [6.07, 6.45) is 4.74. The molecule has 0 radical (unpaired) electrons. The first-order valence-corrected chi connectivity index (χ1v) is 2.44. The fourth-order valence-electron chi connectivity index (χ4n) is 0.474. The van der Waals surface area contributed by atoms with Gasteiger partial charge in [-0.15, -0.1) is 0 Å². The summed E-state index contributed by atoms with van der Waals surface area (Å²) in [7, 11) is 0. The SMILES string of the molecule is C[C@H]1C=NN=CC1. The van der Waals surface area contributed by atoms with E-state index in [1.54, 1.807) is 0 Å². The molecule has 0 unspecified atom stereocenters. The van der Waals surface area contributed by atoms with E-state index in [0.717, 1.165) is 6.42 Å². The summed E-state index contributed by atoms with van der Waals surface area (Å²) in [6, 6.07) is 0. The van der Waals surface area contributed by atoms with Crippen LogP contribution in [0.3, 0.4) is 0 Å². The number of hydrogen-bond acceptors (Lipinski definition) is 2. The van der Waals surface area contributed by atoms with Crippen LogP contribution in [0.1, 0.15) is 13.3 Å². The van der Waals surface area contributed by atoms with Crippen molar-refractivity contribution in [2.45, 2.75) is 13.3 Å². The summed E-state index contributed by atoms with van der Waals surface area (Å²) >= 11 is 0. The van der Waals surface area contributed by atoms with Crippen LogP contribution in [0, 0.1) is 5.92 Å².